The second kappa shape index (κ2) is 7.68. The van der Waals surface area contributed by atoms with Gasteiger partial charge in [-0.15, -0.1) is 0 Å². The first-order valence-corrected chi connectivity index (χ1v) is 8.86. The van der Waals surface area contributed by atoms with E-state index in [0.29, 0.717) is 6.54 Å². The fourth-order valence-electron chi connectivity index (χ4n) is 3.28. The molecule has 1 atom stereocenters. The molecule has 0 bridgehead atoms. The summed E-state index contributed by atoms with van der Waals surface area (Å²) in [6.07, 6.45) is 5.69. The number of H-pyrrole nitrogens is 1. The van der Waals surface area contributed by atoms with E-state index >= 15 is 0 Å². The monoisotopic (exact) mass is 344 g/mol. The number of rotatable bonds is 4. The smallest absolute Gasteiger partial charge is 0.317 e. The summed E-state index contributed by atoms with van der Waals surface area (Å²) in [4.78, 5) is 14.1. The van der Waals surface area contributed by atoms with Crippen molar-refractivity contribution in [3.05, 3.63) is 52.6 Å². The zero-order valence-corrected chi connectivity index (χ0v) is 14.8. The molecule has 1 heterocycles. The number of nitrogens with zero attached hydrogens (tertiary/aromatic N) is 2. The fourth-order valence-corrected chi connectivity index (χ4v) is 3.28. The van der Waals surface area contributed by atoms with Crippen LogP contribution in [0.1, 0.15) is 54.7 Å². The van der Waals surface area contributed by atoms with E-state index in [1.807, 2.05) is 6.92 Å². The van der Waals surface area contributed by atoms with Crippen molar-refractivity contribution in [2.75, 3.05) is 7.05 Å². The van der Waals surface area contributed by atoms with Crippen LogP contribution in [0.4, 0.5) is 9.18 Å². The Balaban J connectivity index is 1.61. The van der Waals surface area contributed by atoms with E-state index in [2.05, 4.69) is 15.5 Å². The molecule has 1 aliphatic rings. The number of benzene rings is 1. The average Bonchev–Trinajstić information content (AvgIpc) is 2.82. The maximum absolute atomic E-state index is 13.0. The molecule has 1 aromatic carbocycles. The van der Waals surface area contributed by atoms with Crippen molar-refractivity contribution in [3.8, 4) is 0 Å². The quantitative estimate of drug-likeness (QED) is 0.831. The lowest BCUT2D eigenvalue weighted by atomic mass is 10.1. The van der Waals surface area contributed by atoms with Gasteiger partial charge in [-0.3, -0.25) is 5.10 Å². The van der Waals surface area contributed by atoms with Crippen LogP contribution in [-0.2, 0) is 19.4 Å². The SMILES string of the molecule is C[C@@H](NC(=O)N(C)Cc1n[nH]c2c1CCCCC2)c1ccc(F)cc1. The topological polar surface area (TPSA) is 61.0 Å². The first kappa shape index (κ1) is 17.5. The Hall–Kier alpha value is -2.37. The Morgan fingerprint density at radius 1 is 1.28 bits per heavy atom. The number of urea groups is 1. The van der Waals surface area contributed by atoms with Gasteiger partial charge in [-0.05, 0) is 55.9 Å². The predicted molar refractivity (Wildman–Crippen MR) is 94.7 cm³/mol. The summed E-state index contributed by atoms with van der Waals surface area (Å²) in [5.74, 6) is -0.279. The molecular weight excluding hydrogens is 319 g/mol. The molecule has 6 heteroatoms. The van der Waals surface area contributed by atoms with E-state index in [1.165, 1.54) is 42.7 Å². The van der Waals surface area contributed by atoms with Gasteiger partial charge in [0.15, 0.2) is 0 Å². The predicted octanol–water partition coefficient (Wildman–Crippen LogP) is 3.72. The molecule has 3 rings (SSSR count). The summed E-state index contributed by atoms with van der Waals surface area (Å²) in [5, 5.41) is 10.5. The molecule has 0 unspecified atom stereocenters. The summed E-state index contributed by atoms with van der Waals surface area (Å²) < 4.78 is 13.0. The minimum absolute atomic E-state index is 0.165. The standard InChI is InChI=1S/C19H25FN4O/c1-13(14-8-10-15(20)11-9-14)21-19(25)24(2)12-18-16-6-4-3-5-7-17(16)22-23-18/h8-11,13H,3-7,12H2,1-2H3,(H,21,25)(H,22,23)/t13-/m1/s1. The second-order valence-electron chi connectivity index (χ2n) is 6.77. The molecule has 0 aliphatic heterocycles. The third kappa shape index (κ3) is 4.18. The molecule has 2 N–H and O–H groups in total. The minimum Gasteiger partial charge on any atom is -0.331 e. The van der Waals surface area contributed by atoms with Crippen molar-refractivity contribution < 1.29 is 9.18 Å². The zero-order valence-electron chi connectivity index (χ0n) is 14.8. The molecule has 2 amide bonds. The van der Waals surface area contributed by atoms with E-state index < -0.39 is 0 Å². The van der Waals surface area contributed by atoms with Crippen LogP contribution in [0.25, 0.3) is 0 Å². The summed E-state index contributed by atoms with van der Waals surface area (Å²) in [5.41, 5.74) is 4.34. The lowest BCUT2D eigenvalue weighted by Crippen LogP contribution is -2.38. The number of fused-ring (bicyclic) bond motifs is 1. The molecule has 0 fully saturated rings. The average molecular weight is 344 g/mol. The third-order valence-electron chi connectivity index (χ3n) is 4.84. The van der Waals surface area contributed by atoms with Crippen LogP contribution in [0.2, 0.25) is 0 Å². The maximum Gasteiger partial charge on any atom is 0.317 e. The van der Waals surface area contributed by atoms with Gasteiger partial charge in [0.25, 0.3) is 0 Å². The van der Waals surface area contributed by atoms with Crippen molar-refractivity contribution in [1.29, 1.82) is 0 Å². The Morgan fingerprint density at radius 2 is 2.00 bits per heavy atom. The van der Waals surface area contributed by atoms with Gasteiger partial charge in [0.2, 0.25) is 0 Å². The van der Waals surface area contributed by atoms with Crippen LogP contribution in [0.15, 0.2) is 24.3 Å². The molecular formula is C19H25FN4O. The first-order valence-electron chi connectivity index (χ1n) is 8.86. The molecule has 2 aromatic rings. The summed E-state index contributed by atoms with van der Waals surface area (Å²) in [7, 11) is 1.77. The number of aromatic nitrogens is 2. The third-order valence-corrected chi connectivity index (χ3v) is 4.84. The number of amides is 2. The number of nitrogens with one attached hydrogen (secondary N) is 2. The van der Waals surface area contributed by atoms with Gasteiger partial charge in [-0.1, -0.05) is 18.6 Å². The molecule has 0 saturated carbocycles. The van der Waals surface area contributed by atoms with Crippen LogP contribution in [0, 0.1) is 5.82 Å². The Bertz CT molecular complexity index is 726. The minimum atomic E-state index is -0.279. The van der Waals surface area contributed by atoms with Gasteiger partial charge in [-0.25, -0.2) is 9.18 Å². The van der Waals surface area contributed by atoms with Gasteiger partial charge in [0.05, 0.1) is 18.3 Å². The van der Waals surface area contributed by atoms with E-state index in [9.17, 15) is 9.18 Å². The first-order chi connectivity index (χ1) is 12.0. The van der Waals surface area contributed by atoms with Crippen molar-refractivity contribution in [2.24, 2.45) is 0 Å². The van der Waals surface area contributed by atoms with E-state index in [1.54, 1.807) is 24.1 Å². The number of aryl methyl sites for hydroxylation is 1. The molecule has 25 heavy (non-hydrogen) atoms. The Morgan fingerprint density at radius 3 is 2.76 bits per heavy atom. The van der Waals surface area contributed by atoms with E-state index in [0.717, 1.165) is 24.1 Å². The Kier molecular flexibility index (Phi) is 5.36. The van der Waals surface area contributed by atoms with Gasteiger partial charge < -0.3 is 10.2 Å². The number of carbonyl (C=O) groups is 1. The lowest BCUT2D eigenvalue weighted by Gasteiger charge is -2.21. The molecule has 0 spiro atoms. The summed E-state index contributed by atoms with van der Waals surface area (Å²) in [6, 6.07) is 5.83. The molecule has 0 radical (unpaired) electrons. The van der Waals surface area contributed by atoms with Crippen LogP contribution >= 0.6 is 0 Å². The fraction of sp³-hybridized carbons (Fsp3) is 0.474. The number of carbonyl (C=O) groups excluding carboxylic acids is 1. The second-order valence-corrected chi connectivity index (χ2v) is 6.77. The largest absolute Gasteiger partial charge is 0.331 e. The van der Waals surface area contributed by atoms with Gasteiger partial charge in [0, 0.05) is 12.7 Å². The van der Waals surface area contributed by atoms with Crippen molar-refractivity contribution >= 4 is 6.03 Å². The van der Waals surface area contributed by atoms with Gasteiger partial charge in [0.1, 0.15) is 5.82 Å². The summed E-state index contributed by atoms with van der Waals surface area (Å²) in [6.45, 7) is 2.37. The summed E-state index contributed by atoms with van der Waals surface area (Å²) >= 11 is 0. The highest BCUT2D eigenvalue weighted by Crippen LogP contribution is 2.22. The number of hydrogen-bond acceptors (Lipinski definition) is 2. The van der Waals surface area contributed by atoms with Crippen molar-refractivity contribution in [2.45, 2.75) is 51.6 Å². The van der Waals surface area contributed by atoms with Crippen molar-refractivity contribution in [1.82, 2.24) is 20.4 Å². The number of aromatic amines is 1. The van der Waals surface area contributed by atoms with Crippen LogP contribution < -0.4 is 5.32 Å². The van der Waals surface area contributed by atoms with Crippen molar-refractivity contribution in [3.63, 3.8) is 0 Å². The lowest BCUT2D eigenvalue weighted by molar-refractivity contribution is 0.203. The normalized spacial score (nSPS) is 15.2. The number of halogens is 1. The van der Waals surface area contributed by atoms with E-state index in [-0.39, 0.29) is 17.9 Å². The van der Waals surface area contributed by atoms with Crippen LogP contribution in [-0.4, -0.2) is 28.2 Å². The highest BCUT2D eigenvalue weighted by atomic mass is 19.1. The van der Waals surface area contributed by atoms with E-state index in [4.69, 9.17) is 0 Å². The number of hydrogen-bond donors (Lipinski definition) is 2. The zero-order chi connectivity index (χ0) is 17.8. The Labute approximate surface area is 147 Å². The van der Waals surface area contributed by atoms with Crippen LogP contribution in [0.5, 0.6) is 0 Å². The maximum atomic E-state index is 13.0. The highest BCUT2D eigenvalue weighted by molar-refractivity contribution is 5.74. The molecule has 0 saturated heterocycles. The van der Waals surface area contributed by atoms with Crippen LogP contribution in [0.3, 0.4) is 0 Å². The molecule has 1 aromatic heterocycles. The highest BCUT2D eigenvalue weighted by Gasteiger charge is 2.19. The van der Waals surface area contributed by atoms with Gasteiger partial charge in [-0.2, -0.15) is 5.10 Å². The van der Waals surface area contributed by atoms with Gasteiger partial charge >= 0.3 is 6.03 Å². The molecule has 5 nitrogen and oxygen atoms in total. The molecule has 134 valence electrons. The molecule has 1 aliphatic carbocycles.